The summed E-state index contributed by atoms with van der Waals surface area (Å²) < 4.78 is 39.7. The minimum absolute atomic E-state index is 0. The lowest BCUT2D eigenvalue weighted by Crippen LogP contribution is -2.58. The van der Waals surface area contributed by atoms with E-state index in [9.17, 15) is 22.8 Å². The van der Waals surface area contributed by atoms with Crippen LogP contribution in [0, 0.1) is 5.92 Å². The van der Waals surface area contributed by atoms with Gasteiger partial charge in [0.05, 0.1) is 6.54 Å². The van der Waals surface area contributed by atoms with Gasteiger partial charge in [0.1, 0.15) is 6.04 Å². The van der Waals surface area contributed by atoms with Gasteiger partial charge < -0.3 is 16.0 Å². The molecule has 1 atom stereocenters. The first-order valence-electron chi connectivity index (χ1n) is 9.41. The molecular weight excluding hydrogens is 385 g/mol. The molecular formula is C17H30ClF3N4O2. The Bertz CT molecular complexity index is 468. The van der Waals surface area contributed by atoms with Crippen LogP contribution in [0.1, 0.15) is 38.5 Å². The Kier molecular flexibility index (Phi) is 10.4. The number of amides is 2. The number of carbonyl (C=O) groups excluding carboxylic acids is 2. The van der Waals surface area contributed by atoms with Gasteiger partial charge in [-0.2, -0.15) is 13.2 Å². The molecule has 1 aliphatic carbocycles. The van der Waals surface area contributed by atoms with E-state index in [-0.39, 0.29) is 37.9 Å². The molecule has 1 saturated heterocycles. The molecule has 0 aromatic heterocycles. The normalized spacial score (nSPS) is 20.0. The highest BCUT2D eigenvalue weighted by atomic mass is 35.5. The molecule has 3 N–H and O–H groups in total. The number of nitrogens with one attached hydrogen (secondary N) is 3. The van der Waals surface area contributed by atoms with E-state index in [4.69, 9.17) is 0 Å². The molecule has 1 aliphatic heterocycles. The lowest BCUT2D eigenvalue weighted by atomic mass is 10.0. The maximum Gasteiger partial charge on any atom is 0.405 e. The van der Waals surface area contributed by atoms with Crippen molar-refractivity contribution in [1.29, 1.82) is 0 Å². The smallest absolute Gasteiger partial charge is 0.353 e. The number of carbonyl (C=O) groups is 2. The van der Waals surface area contributed by atoms with Crippen molar-refractivity contribution in [1.82, 2.24) is 20.9 Å². The maximum absolute atomic E-state index is 13.2. The van der Waals surface area contributed by atoms with E-state index in [1.165, 1.54) is 17.7 Å². The summed E-state index contributed by atoms with van der Waals surface area (Å²) in [6, 6.07) is -1.70. The molecule has 0 bridgehead atoms. The molecule has 0 aromatic rings. The van der Waals surface area contributed by atoms with E-state index in [0.717, 1.165) is 19.3 Å². The van der Waals surface area contributed by atoms with Crippen LogP contribution in [0.3, 0.4) is 0 Å². The summed E-state index contributed by atoms with van der Waals surface area (Å²) in [4.78, 5) is 24.9. The van der Waals surface area contributed by atoms with E-state index in [1.807, 2.05) is 0 Å². The Labute approximate surface area is 164 Å². The Hall–Kier alpha value is -1.06. The molecule has 0 radical (unpaired) electrons. The van der Waals surface area contributed by atoms with Crippen LogP contribution in [0.25, 0.3) is 0 Å². The second-order valence-electron chi connectivity index (χ2n) is 7.11. The van der Waals surface area contributed by atoms with Gasteiger partial charge in [0.2, 0.25) is 11.8 Å². The molecule has 0 aromatic carbocycles. The zero-order valence-corrected chi connectivity index (χ0v) is 16.3. The van der Waals surface area contributed by atoms with Crippen LogP contribution in [-0.4, -0.2) is 68.2 Å². The number of piperazine rings is 1. The third-order valence-corrected chi connectivity index (χ3v) is 5.16. The Balaban J connectivity index is 0.00000364. The topological polar surface area (TPSA) is 73.5 Å². The average Bonchev–Trinajstić information content (AvgIpc) is 3.11. The molecule has 27 heavy (non-hydrogen) atoms. The summed E-state index contributed by atoms with van der Waals surface area (Å²) >= 11 is 0. The monoisotopic (exact) mass is 414 g/mol. The van der Waals surface area contributed by atoms with Crippen LogP contribution < -0.4 is 16.0 Å². The number of rotatable bonds is 8. The summed E-state index contributed by atoms with van der Waals surface area (Å²) in [5.41, 5.74) is 0. The van der Waals surface area contributed by atoms with Crippen LogP contribution in [0.15, 0.2) is 0 Å². The second-order valence-corrected chi connectivity index (χ2v) is 7.11. The highest BCUT2D eigenvalue weighted by Crippen LogP contribution is 2.28. The molecule has 2 rings (SSSR count). The summed E-state index contributed by atoms with van der Waals surface area (Å²) in [7, 11) is 0. The Morgan fingerprint density at radius 2 is 1.70 bits per heavy atom. The molecule has 2 aliphatic rings. The molecule has 6 nitrogen and oxygen atoms in total. The first-order chi connectivity index (χ1) is 12.4. The zero-order valence-electron chi connectivity index (χ0n) is 15.4. The number of alkyl halides is 3. The number of halogens is 4. The number of hydrogen-bond acceptors (Lipinski definition) is 4. The molecule has 10 heteroatoms. The molecule has 2 amide bonds. The van der Waals surface area contributed by atoms with Crippen LogP contribution in [-0.2, 0) is 9.59 Å². The minimum Gasteiger partial charge on any atom is -0.353 e. The van der Waals surface area contributed by atoms with Crippen LogP contribution in [0.5, 0.6) is 0 Å². The highest BCUT2D eigenvalue weighted by molar-refractivity contribution is 5.85. The van der Waals surface area contributed by atoms with Crippen LogP contribution in [0.4, 0.5) is 13.2 Å². The van der Waals surface area contributed by atoms with Crippen molar-refractivity contribution < 1.29 is 22.8 Å². The zero-order chi connectivity index (χ0) is 19.0. The van der Waals surface area contributed by atoms with Gasteiger partial charge in [0.25, 0.3) is 0 Å². The van der Waals surface area contributed by atoms with Gasteiger partial charge in [-0.15, -0.1) is 12.4 Å². The summed E-state index contributed by atoms with van der Waals surface area (Å²) in [5.74, 6) is -0.230. The Morgan fingerprint density at radius 3 is 2.30 bits per heavy atom. The van der Waals surface area contributed by atoms with Gasteiger partial charge in [-0.3, -0.25) is 14.5 Å². The van der Waals surface area contributed by atoms with Crippen molar-refractivity contribution >= 4 is 24.2 Å². The lowest BCUT2D eigenvalue weighted by molar-refractivity contribution is -0.184. The van der Waals surface area contributed by atoms with E-state index in [0.29, 0.717) is 25.4 Å². The molecule has 1 saturated carbocycles. The summed E-state index contributed by atoms with van der Waals surface area (Å²) in [6.45, 7) is 0.793. The molecule has 158 valence electrons. The average molecular weight is 415 g/mol. The maximum atomic E-state index is 13.2. The van der Waals surface area contributed by atoms with E-state index >= 15 is 0 Å². The lowest BCUT2D eigenvalue weighted by Gasteiger charge is -2.35. The van der Waals surface area contributed by atoms with E-state index in [1.54, 1.807) is 0 Å². The first kappa shape index (κ1) is 24.0. The molecule has 0 spiro atoms. The van der Waals surface area contributed by atoms with Crippen molar-refractivity contribution in [2.24, 2.45) is 5.92 Å². The van der Waals surface area contributed by atoms with Gasteiger partial charge in [-0.1, -0.05) is 25.7 Å². The van der Waals surface area contributed by atoms with Gasteiger partial charge in [-0.05, 0) is 12.3 Å². The third kappa shape index (κ3) is 8.66. The fourth-order valence-electron chi connectivity index (χ4n) is 3.62. The quantitative estimate of drug-likeness (QED) is 0.562. The Morgan fingerprint density at radius 1 is 1.07 bits per heavy atom. The van der Waals surface area contributed by atoms with Gasteiger partial charge in [0, 0.05) is 39.1 Å². The first-order valence-corrected chi connectivity index (χ1v) is 9.41. The predicted molar refractivity (Wildman–Crippen MR) is 98.7 cm³/mol. The molecule has 1 heterocycles. The molecule has 2 fully saturated rings. The van der Waals surface area contributed by atoms with Gasteiger partial charge >= 0.3 is 6.18 Å². The van der Waals surface area contributed by atoms with Gasteiger partial charge in [0.15, 0.2) is 0 Å². The summed E-state index contributed by atoms with van der Waals surface area (Å²) in [6.07, 6.45) is 1.49. The standard InChI is InChI=1S/C17H29F3N4O2.ClH/c18-17(19,20)14(24-9-7-21-8-10-24)11-22-16(26)12-23-15(25)6-5-13-3-1-2-4-13;/h13-14,21H,1-12H2,(H,22,26)(H,23,25);1H. The fraction of sp³-hybridized carbons (Fsp3) is 0.882. The van der Waals surface area contributed by atoms with Crippen molar-refractivity contribution in [3.8, 4) is 0 Å². The highest BCUT2D eigenvalue weighted by Gasteiger charge is 2.43. The number of hydrogen-bond donors (Lipinski definition) is 3. The SMILES string of the molecule is Cl.O=C(CCC1CCCC1)NCC(=O)NCC(N1CCNCC1)C(F)(F)F. The molecule has 1 unspecified atom stereocenters. The van der Waals surface area contributed by atoms with Gasteiger partial charge in [-0.25, -0.2) is 0 Å². The van der Waals surface area contributed by atoms with Crippen LogP contribution >= 0.6 is 12.4 Å². The predicted octanol–water partition coefficient (Wildman–Crippen LogP) is 1.45. The van der Waals surface area contributed by atoms with E-state index < -0.39 is 24.7 Å². The van der Waals surface area contributed by atoms with E-state index in [2.05, 4.69) is 16.0 Å². The van der Waals surface area contributed by atoms with Crippen molar-refractivity contribution in [3.05, 3.63) is 0 Å². The third-order valence-electron chi connectivity index (χ3n) is 5.16. The van der Waals surface area contributed by atoms with Crippen LogP contribution in [0.2, 0.25) is 0 Å². The minimum atomic E-state index is -4.41. The number of nitrogens with zero attached hydrogens (tertiary/aromatic N) is 1. The summed E-state index contributed by atoms with van der Waals surface area (Å²) in [5, 5.41) is 7.80. The fourth-order valence-corrected chi connectivity index (χ4v) is 3.62. The largest absolute Gasteiger partial charge is 0.405 e. The second kappa shape index (κ2) is 11.7. The van der Waals surface area contributed by atoms with Crippen molar-refractivity contribution in [2.45, 2.75) is 50.7 Å². The van der Waals surface area contributed by atoms with Crippen molar-refractivity contribution in [3.63, 3.8) is 0 Å². The van der Waals surface area contributed by atoms with Crippen molar-refractivity contribution in [2.75, 3.05) is 39.3 Å².